The second-order valence-corrected chi connectivity index (χ2v) is 21.3. The molecule has 1 unspecified atom stereocenters. The average molecular weight is 1060 g/mol. The monoisotopic (exact) mass is 1060 g/mol. The number of unbranched alkanes of at least 4 members (excludes halogenated alkanes) is 31. The van der Waals surface area contributed by atoms with Gasteiger partial charge in [-0.2, -0.15) is 0 Å². The minimum absolute atomic E-state index is 0.0867. The lowest BCUT2D eigenvalue weighted by molar-refractivity contribution is -0.167. The Labute approximate surface area is 470 Å². The smallest absolute Gasteiger partial charge is 0.306 e. The number of hydrogen-bond acceptors (Lipinski definition) is 6. The van der Waals surface area contributed by atoms with Crippen LogP contribution in [0.5, 0.6) is 0 Å². The van der Waals surface area contributed by atoms with Crippen molar-refractivity contribution < 1.29 is 28.6 Å². The zero-order valence-electron chi connectivity index (χ0n) is 50.0. The first-order valence-corrected chi connectivity index (χ1v) is 32.2. The van der Waals surface area contributed by atoms with Gasteiger partial charge in [-0.3, -0.25) is 14.4 Å². The summed E-state index contributed by atoms with van der Waals surface area (Å²) in [7, 11) is 0. The topological polar surface area (TPSA) is 78.9 Å². The molecule has 6 nitrogen and oxygen atoms in total. The van der Waals surface area contributed by atoms with E-state index in [1.54, 1.807) is 0 Å². The molecule has 0 radical (unpaired) electrons. The van der Waals surface area contributed by atoms with Gasteiger partial charge in [-0.15, -0.1) is 0 Å². The summed E-state index contributed by atoms with van der Waals surface area (Å²) in [6.45, 7) is 6.51. The molecule has 1 atom stereocenters. The van der Waals surface area contributed by atoms with E-state index >= 15 is 0 Å². The van der Waals surface area contributed by atoms with Gasteiger partial charge in [-0.1, -0.05) is 266 Å². The summed E-state index contributed by atoms with van der Waals surface area (Å²) < 4.78 is 16.9. The van der Waals surface area contributed by atoms with Gasteiger partial charge in [0.05, 0.1) is 0 Å². The van der Waals surface area contributed by atoms with Crippen molar-refractivity contribution in [2.75, 3.05) is 13.2 Å². The fourth-order valence-corrected chi connectivity index (χ4v) is 8.97. The molecule has 0 rings (SSSR count). The number of esters is 3. The van der Waals surface area contributed by atoms with Crippen molar-refractivity contribution in [3.63, 3.8) is 0 Å². The minimum atomic E-state index is -0.790. The van der Waals surface area contributed by atoms with Crippen LogP contribution in [0.1, 0.15) is 310 Å². The Kier molecular flexibility index (Phi) is 60.8. The van der Waals surface area contributed by atoms with Crippen molar-refractivity contribution in [2.45, 2.75) is 316 Å². The second kappa shape index (κ2) is 63.9. The Balaban J connectivity index is 4.35. The van der Waals surface area contributed by atoms with Gasteiger partial charge in [0, 0.05) is 19.3 Å². The van der Waals surface area contributed by atoms with E-state index in [-0.39, 0.29) is 31.1 Å². The van der Waals surface area contributed by atoms with E-state index in [0.29, 0.717) is 19.3 Å². The maximum Gasteiger partial charge on any atom is 0.306 e. The van der Waals surface area contributed by atoms with Gasteiger partial charge in [0.2, 0.25) is 0 Å². The van der Waals surface area contributed by atoms with Crippen LogP contribution in [0, 0.1) is 0 Å². The Bertz CT molecular complexity index is 1490. The molecule has 0 bridgehead atoms. The predicted octanol–water partition coefficient (Wildman–Crippen LogP) is 22.0. The quantitative estimate of drug-likeness (QED) is 0.0261. The Morgan fingerprint density at radius 2 is 0.513 bits per heavy atom. The van der Waals surface area contributed by atoms with E-state index in [2.05, 4.69) is 118 Å². The molecule has 0 fully saturated rings. The molecular formula is C70H120O6. The van der Waals surface area contributed by atoms with Gasteiger partial charge in [-0.25, -0.2) is 0 Å². The number of rotatable bonds is 58. The predicted molar refractivity (Wildman–Crippen MR) is 330 cm³/mol. The van der Waals surface area contributed by atoms with Crippen LogP contribution < -0.4 is 0 Å². The van der Waals surface area contributed by atoms with Gasteiger partial charge in [0.25, 0.3) is 0 Å². The first-order valence-electron chi connectivity index (χ1n) is 32.2. The molecule has 0 N–H and O–H groups in total. The zero-order valence-corrected chi connectivity index (χ0v) is 50.0. The number of carbonyl (C=O) groups excluding carboxylic acids is 3. The molecule has 0 amide bonds. The van der Waals surface area contributed by atoms with Gasteiger partial charge in [-0.05, 0) is 122 Å². The summed E-state index contributed by atoms with van der Waals surface area (Å²) >= 11 is 0. The Morgan fingerprint density at radius 1 is 0.276 bits per heavy atom. The molecule has 0 saturated heterocycles. The van der Waals surface area contributed by atoms with Gasteiger partial charge < -0.3 is 14.2 Å². The summed E-state index contributed by atoms with van der Waals surface area (Å²) in [5.74, 6) is -0.903. The summed E-state index contributed by atoms with van der Waals surface area (Å²) in [6, 6.07) is 0. The first-order chi connectivity index (χ1) is 37.5. The molecule has 0 aliphatic heterocycles. The molecule has 6 heteroatoms. The summed E-state index contributed by atoms with van der Waals surface area (Å²) in [6.07, 6.45) is 85.5. The van der Waals surface area contributed by atoms with Gasteiger partial charge >= 0.3 is 17.9 Å². The van der Waals surface area contributed by atoms with E-state index in [1.807, 2.05) is 0 Å². The van der Waals surface area contributed by atoms with Crippen molar-refractivity contribution in [3.8, 4) is 0 Å². The lowest BCUT2D eigenvalue weighted by atomic mass is 10.1. The number of carbonyl (C=O) groups is 3. The van der Waals surface area contributed by atoms with Gasteiger partial charge in [0.1, 0.15) is 13.2 Å². The van der Waals surface area contributed by atoms with Crippen LogP contribution in [0.15, 0.2) is 97.2 Å². The summed E-state index contributed by atoms with van der Waals surface area (Å²) in [4.78, 5) is 38.3. The molecule has 76 heavy (non-hydrogen) atoms. The van der Waals surface area contributed by atoms with Crippen LogP contribution in [0.3, 0.4) is 0 Å². The summed E-state index contributed by atoms with van der Waals surface area (Å²) in [5, 5.41) is 0. The largest absolute Gasteiger partial charge is 0.462 e. The Hall–Kier alpha value is -3.67. The molecule has 0 aromatic carbocycles. The molecule has 0 aromatic heterocycles. The van der Waals surface area contributed by atoms with E-state index in [9.17, 15) is 14.4 Å². The van der Waals surface area contributed by atoms with Crippen LogP contribution in [-0.4, -0.2) is 37.2 Å². The Morgan fingerprint density at radius 3 is 0.842 bits per heavy atom. The molecule has 436 valence electrons. The maximum atomic E-state index is 12.9. The average Bonchev–Trinajstić information content (AvgIpc) is 3.42. The highest BCUT2D eigenvalue weighted by Gasteiger charge is 2.19. The minimum Gasteiger partial charge on any atom is -0.462 e. The highest BCUT2D eigenvalue weighted by atomic mass is 16.6. The molecule has 0 aliphatic carbocycles. The third-order valence-corrected chi connectivity index (χ3v) is 13.8. The standard InChI is InChI=1S/C70H120O6/c1-4-7-10-13-16-19-22-25-27-29-31-33-34-35-36-38-39-41-43-45-48-51-54-57-60-63-69(72)75-66-67(65-74-68(71)62-59-56-53-50-47-24-21-18-15-12-9-6-3)76-70(73)64-61-58-55-52-49-46-44-42-40-37-32-30-28-26-23-20-17-14-11-8-5-2/h7,10,16,18-19,21,25,27,30-33,35-36,39,41,67H,4-6,8-9,11-15,17,20,22-24,26,28-29,34,37-38,40,42-66H2,1-3H3/b10-7-,19-16-,21-18-,27-25-,32-30-,33-31-,36-35-,41-39-. The van der Waals surface area contributed by atoms with E-state index in [1.165, 1.54) is 154 Å². The molecule has 0 spiro atoms. The van der Waals surface area contributed by atoms with Crippen LogP contribution in [-0.2, 0) is 28.6 Å². The van der Waals surface area contributed by atoms with Crippen LogP contribution in [0.4, 0.5) is 0 Å². The highest BCUT2D eigenvalue weighted by Crippen LogP contribution is 2.16. The van der Waals surface area contributed by atoms with E-state index in [0.717, 1.165) is 116 Å². The second-order valence-electron chi connectivity index (χ2n) is 21.3. The maximum absolute atomic E-state index is 12.9. The van der Waals surface area contributed by atoms with Crippen molar-refractivity contribution >= 4 is 17.9 Å². The summed E-state index contributed by atoms with van der Waals surface area (Å²) in [5.41, 5.74) is 0. The highest BCUT2D eigenvalue weighted by molar-refractivity contribution is 5.71. The van der Waals surface area contributed by atoms with Crippen molar-refractivity contribution in [3.05, 3.63) is 97.2 Å². The van der Waals surface area contributed by atoms with Crippen LogP contribution in [0.2, 0.25) is 0 Å². The zero-order chi connectivity index (χ0) is 55.0. The molecule has 0 aromatic rings. The van der Waals surface area contributed by atoms with Crippen LogP contribution in [0.25, 0.3) is 0 Å². The van der Waals surface area contributed by atoms with Crippen molar-refractivity contribution in [1.82, 2.24) is 0 Å². The van der Waals surface area contributed by atoms with Crippen molar-refractivity contribution in [2.24, 2.45) is 0 Å². The number of allylic oxidation sites excluding steroid dienone is 16. The van der Waals surface area contributed by atoms with Crippen LogP contribution >= 0.6 is 0 Å². The van der Waals surface area contributed by atoms with Gasteiger partial charge in [0.15, 0.2) is 6.10 Å². The lowest BCUT2D eigenvalue weighted by Gasteiger charge is -2.18. The molecule has 0 heterocycles. The van der Waals surface area contributed by atoms with E-state index < -0.39 is 6.10 Å². The third-order valence-electron chi connectivity index (χ3n) is 13.8. The number of hydrogen-bond donors (Lipinski definition) is 0. The molecular weight excluding hydrogens is 937 g/mol. The fourth-order valence-electron chi connectivity index (χ4n) is 8.97. The van der Waals surface area contributed by atoms with Crippen molar-refractivity contribution in [1.29, 1.82) is 0 Å². The lowest BCUT2D eigenvalue weighted by Crippen LogP contribution is -2.30. The molecule has 0 aliphatic rings. The SMILES string of the molecule is CC/C=C\C/C=C\C/C=C\C/C=C\C/C=C\C/C=C\CCCCCCCCC(=O)OCC(COC(=O)CCCCCCC/C=C\CCCCC)OC(=O)CCCCCCCCCCC/C=C\CCCCCCCCCC. The van der Waals surface area contributed by atoms with E-state index in [4.69, 9.17) is 14.2 Å². The first kappa shape index (κ1) is 72.3. The third kappa shape index (κ3) is 61.2. The fraction of sp³-hybridized carbons (Fsp3) is 0.729. The molecule has 0 saturated carbocycles. The number of ether oxygens (including phenoxy) is 3. The normalized spacial score (nSPS) is 12.7.